The molecule has 0 radical (unpaired) electrons. The van der Waals surface area contributed by atoms with E-state index in [1.165, 1.54) is 12.1 Å². The summed E-state index contributed by atoms with van der Waals surface area (Å²) in [6.07, 6.45) is 3.05. The Morgan fingerprint density at radius 1 is 1.24 bits per heavy atom. The lowest BCUT2D eigenvalue weighted by Gasteiger charge is -2.18. The van der Waals surface area contributed by atoms with Gasteiger partial charge < -0.3 is 10.2 Å². The Kier molecular flexibility index (Phi) is 3.94. The van der Waals surface area contributed by atoms with Crippen molar-refractivity contribution in [1.82, 2.24) is 4.90 Å². The molecular formula is C13H18F2N2. The molecule has 1 heterocycles. The van der Waals surface area contributed by atoms with Crippen LogP contribution in [-0.2, 0) is 0 Å². The summed E-state index contributed by atoms with van der Waals surface area (Å²) in [6, 6.07) is 3.77. The maximum Gasteiger partial charge on any atom is 0.146 e. The van der Waals surface area contributed by atoms with Gasteiger partial charge in [-0.25, -0.2) is 8.78 Å². The summed E-state index contributed by atoms with van der Waals surface area (Å²) in [5.41, 5.74) is 0.277. The first-order chi connectivity index (χ1) is 8.15. The summed E-state index contributed by atoms with van der Waals surface area (Å²) in [5, 5.41) is 3.11. The van der Waals surface area contributed by atoms with Crippen LogP contribution in [-0.4, -0.2) is 31.1 Å². The van der Waals surface area contributed by atoms with Gasteiger partial charge in [-0.05, 0) is 57.6 Å². The van der Waals surface area contributed by atoms with Gasteiger partial charge in [0.1, 0.15) is 11.6 Å². The summed E-state index contributed by atoms with van der Waals surface area (Å²) < 4.78 is 26.5. The first-order valence-electron chi connectivity index (χ1n) is 6.05. The van der Waals surface area contributed by atoms with Crippen molar-refractivity contribution in [2.75, 3.05) is 25.5 Å². The van der Waals surface area contributed by atoms with Gasteiger partial charge in [-0.1, -0.05) is 0 Å². The summed E-state index contributed by atoms with van der Waals surface area (Å²) >= 11 is 0. The average molecular weight is 240 g/mol. The minimum Gasteiger partial charge on any atom is -0.380 e. The molecule has 2 rings (SSSR count). The van der Waals surface area contributed by atoms with Gasteiger partial charge in [0.15, 0.2) is 0 Å². The molecule has 0 aromatic heterocycles. The van der Waals surface area contributed by atoms with Crippen molar-refractivity contribution in [3.63, 3.8) is 0 Å². The maximum atomic E-state index is 13.5. The first-order valence-corrected chi connectivity index (χ1v) is 6.05. The highest BCUT2D eigenvalue weighted by Crippen LogP contribution is 2.20. The predicted molar refractivity (Wildman–Crippen MR) is 65.1 cm³/mol. The van der Waals surface area contributed by atoms with Gasteiger partial charge in [0.2, 0.25) is 0 Å². The molecule has 1 unspecified atom stereocenters. The molecule has 4 heteroatoms. The van der Waals surface area contributed by atoms with Crippen molar-refractivity contribution in [3.8, 4) is 0 Å². The normalized spacial score (nSPS) is 22.2. The number of likely N-dealkylation sites (tertiary alicyclic amines) is 1. The fourth-order valence-corrected chi connectivity index (χ4v) is 2.21. The summed E-state index contributed by atoms with van der Waals surface area (Å²) in [7, 11) is 2.09. The Morgan fingerprint density at radius 3 is 2.88 bits per heavy atom. The molecule has 1 N–H and O–H groups in total. The van der Waals surface area contributed by atoms with Crippen LogP contribution in [0.2, 0.25) is 0 Å². The monoisotopic (exact) mass is 240 g/mol. The van der Waals surface area contributed by atoms with E-state index >= 15 is 0 Å². The highest BCUT2D eigenvalue weighted by atomic mass is 19.1. The molecule has 0 saturated carbocycles. The summed E-state index contributed by atoms with van der Waals surface area (Å²) in [5.74, 6) is -0.788. The largest absolute Gasteiger partial charge is 0.380 e. The molecule has 2 nitrogen and oxygen atoms in total. The second-order valence-corrected chi connectivity index (χ2v) is 4.70. The van der Waals surface area contributed by atoms with Gasteiger partial charge in [0.05, 0.1) is 5.69 Å². The highest BCUT2D eigenvalue weighted by molar-refractivity contribution is 5.45. The quantitative estimate of drug-likeness (QED) is 0.855. The van der Waals surface area contributed by atoms with Crippen LogP contribution in [0, 0.1) is 11.6 Å². The van der Waals surface area contributed by atoms with E-state index in [-0.39, 0.29) is 17.5 Å². The number of nitrogens with one attached hydrogen (secondary N) is 1. The second kappa shape index (κ2) is 5.45. The van der Waals surface area contributed by atoms with Gasteiger partial charge in [0, 0.05) is 6.04 Å². The third kappa shape index (κ3) is 3.40. The summed E-state index contributed by atoms with van der Waals surface area (Å²) in [6.45, 7) is 2.07. The molecule has 1 aromatic rings. The van der Waals surface area contributed by atoms with Crippen LogP contribution in [0.4, 0.5) is 14.5 Å². The zero-order chi connectivity index (χ0) is 12.3. The highest BCUT2D eigenvalue weighted by Gasteiger charge is 2.16. The van der Waals surface area contributed by atoms with Crippen molar-refractivity contribution in [3.05, 3.63) is 29.8 Å². The SMILES string of the molecule is CN1CCCC(Nc2cc(F)ccc2F)CC1. The predicted octanol–water partition coefficient (Wildman–Crippen LogP) is 2.86. The van der Waals surface area contributed by atoms with Crippen LogP contribution in [0.3, 0.4) is 0 Å². The molecule has 1 aliphatic rings. The topological polar surface area (TPSA) is 15.3 Å². The standard InChI is InChI=1S/C13H18F2N2/c1-17-7-2-3-11(6-8-17)16-13-9-10(14)4-5-12(13)15/h4-5,9,11,16H,2-3,6-8H2,1H3. The van der Waals surface area contributed by atoms with E-state index in [0.717, 1.165) is 38.4 Å². The fourth-order valence-electron chi connectivity index (χ4n) is 2.21. The number of hydrogen-bond acceptors (Lipinski definition) is 2. The van der Waals surface area contributed by atoms with E-state index in [2.05, 4.69) is 17.3 Å². The Hall–Kier alpha value is -1.16. The van der Waals surface area contributed by atoms with Crippen molar-refractivity contribution in [2.24, 2.45) is 0 Å². The average Bonchev–Trinajstić information content (AvgIpc) is 2.49. The molecule has 0 bridgehead atoms. The number of hydrogen-bond donors (Lipinski definition) is 1. The Morgan fingerprint density at radius 2 is 2.06 bits per heavy atom. The number of anilines is 1. The molecule has 94 valence electrons. The zero-order valence-corrected chi connectivity index (χ0v) is 10.0. The Bertz CT molecular complexity index is 382. The summed E-state index contributed by atoms with van der Waals surface area (Å²) in [4.78, 5) is 2.27. The van der Waals surface area contributed by atoms with Crippen LogP contribution in [0.25, 0.3) is 0 Å². The lowest BCUT2D eigenvalue weighted by molar-refractivity contribution is 0.348. The van der Waals surface area contributed by atoms with Crippen molar-refractivity contribution >= 4 is 5.69 Å². The van der Waals surface area contributed by atoms with Gasteiger partial charge in [-0.15, -0.1) is 0 Å². The number of rotatable bonds is 2. The Labute approximate surface area is 101 Å². The van der Waals surface area contributed by atoms with Crippen LogP contribution in [0.1, 0.15) is 19.3 Å². The van der Waals surface area contributed by atoms with E-state index in [4.69, 9.17) is 0 Å². The number of nitrogens with zero attached hydrogens (tertiary/aromatic N) is 1. The molecule has 1 atom stereocenters. The van der Waals surface area contributed by atoms with Gasteiger partial charge in [-0.2, -0.15) is 0 Å². The van der Waals surface area contributed by atoms with E-state index in [9.17, 15) is 8.78 Å². The van der Waals surface area contributed by atoms with Crippen LogP contribution >= 0.6 is 0 Å². The third-order valence-electron chi connectivity index (χ3n) is 3.24. The third-order valence-corrected chi connectivity index (χ3v) is 3.24. The van der Waals surface area contributed by atoms with E-state index < -0.39 is 5.82 Å². The van der Waals surface area contributed by atoms with E-state index in [1.54, 1.807) is 0 Å². The molecule has 0 spiro atoms. The zero-order valence-electron chi connectivity index (χ0n) is 10.0. The van der Waals surface area contributed by atoms with Crippen LogP contribution in [0.15, 0.2) is 18.2 Å². The van der Waals surface area contributed by atoms with E-state index in [0.29, 0.717) is 0 Å². The fraction of sp³-hybridized carbons (Fsp3) is 0.538. The molecule has 1 aromatic carbocycles. The van der Waals surface area contributed by atoms with E-state index in [1.807, 2.05) is 0 Å². The molecule has 17 heavy (non-hydrogen) atoms. The molecule has 0 amide bonds. The molecule has 1 fully saturated rings. The molecule has 1 saturated heterocycles. The minimum atomic E-state index is -0.403. The van der Waals surface area contributed by atoms with Crippen molar-refractivity contribution < 1.29 is 8.78 Å². The smallest absolute Gasteiger partial charge is 0.146 e. The number of benzene rings is 1. The molecular weight excluding hydrogens is 222 g/mol. The molecule has 1 aliphatic heterocycles. The van der Waals surface area contributed by atoms with Crippen LogP contribution < -0.4 is 5.32 Å². The number of halogens is 2. The van der Waals surface area contributed by atoms with Crippen molar-refractivity contribution in [2.45, 2.75) is 25.3 Å². The molecule has 0 aliphatic carbocycles. The van der Waals surface area contributed by atoms with Crippen LogP contribution in [0.5, 0.6) is 0 Å². The first kappa shape index (κ1) is 12.3. The van der Waals surface area contributed by atoms with Gasteiger partial charge in [0.25, 0.3) is 0 Å². The Balaban J connectivity index is 2.02. The van der Waals surface area contributed by atoms with Gasteiger partial charge >= 0.3 is 0 Å². The lowest BCUT2D eigenvalue weighted by Crippen LogP contribution is -2.23. The van der Waals surface area contributed by atoms with Gasteiger partial charge in [-0.3, -0.25) is 0 Å². The lowest BCUT2D eigenvalue weighted by atomic mass is 10.1. The maximum absolute atomic E-state index is 13.5. The second-order valence-electron chi connectivity index (χ2n) is 4.70. The van der Waals surface area contributed by atoms with Crippen molar-refractivity contribution in [1.29, 1.82) is 0 Å². The minimum absolute atomic E-state index is 0.233.